The van der Waals surface area contributed by atoms with Crippen LogP contribution in [0.4, 0.5) is 0 Å². The molecule has 1 unspecified atom stereocenters. The molecule has 0 aromatic rings. The summed E-state index contributed by atoms with van der Waals surface area (Å²) in [6.07, 6.45) is 6.93. The molecule has 0 aliphatic heterocycles. The second-order valence-electron chi connectivity index (χ2n) is 3.75. The minimum atomic E-state index is -0.994. The summed E-state index contributed by atoms with van der Waals surface area (Å²) < 4.78 is 0. The van der Waals surface area contributed by atoms with Gasteiger partial charge in [-0.05, 0) is 24.3 Å². The predicted molar refractivity (Wildman–Crippen MR) is 75.8 cm³/mol. The van der Waals surface area contributed by atoms with Gasteiger partial charge in [0.05, 0.1) is 0 Å². The maximum atomic E-state index is 11.3. The Bertz CT molecular complexity index is 303. The van der Waals surface area contributed by atoms with Gasteiger partial charge in [-0.1, -0.05) is 32.1 Å². The summed E-state index contributed by atoms with van der Waals surface area (Å²) in [5, 5.41) is 11.4. The van der Waals surface area contributed by atoms with Crippen LogP contribution in [0.5, 0.6) is 0 Å². The Morgan fingerprint density at radius 2 is 2.17 bits per heavy atom. The third kappa shape index (κ3) is 8.87. The van der Waals surface area contributed by atoms with E-state index in [2.05, 4.69) is 18.8 Å². The zero-order valence-corrected chi connectivity index (χ0v) is 11.5. The predicted octanol–water partition coefficient (Wildman–Crippen LogP) is 2.22. The molecule has 0 heterocycles. The Morgan fingerprint density at radius 3 is 2.72 bits per heavy atom. The first-order chi connectivity index (χ1) is 8.61. The smallest absolute Gasteiger partial charge is 0.326 e. The van der Waals surface area contributed by atoms with E-state index in [-0.39, 0.29) is 0 Å². The van der Waals surface area contributed by atoms with Crippen LogP contribution in [0, 0.1) is 0 Å². The number of carbonyl (C=O) groups excluding carboxylic acids is 1. The fourth-order valence-corrected chi connectivity index (χ4v) is 2.28. The molecule has 2 N–H and O–H groups in total. The summed E-state index contributed by atoms with van der Waals surface area (Å²) in [5.41, 5.74) is 0. The first kappa shape index (κ1) is 16.8. The van der Waals surface area contributed by atoms with Gasteiger partial charge >= 0.3 is 5.97 Å². The number of aliphatic carboxylic acids is 1. The number of thioether (sulfide) groups is 1. The number of carboxylic acids is 1. The van der Waals surface area contributed by atoms with Crippen molar-refractivity contribution >= 4 is 23.6 Å². The molecule has 18 heavy (non-hydrogen) atoms. The molecular formula is C13H21NO3S. The van der Waals surface area contributed by atoms with Gasteiger partial charge in [0, 0.05) is 6.08 Å². The van der Waals surface area contributed by atoms with Gasteiger partial charge in [0.25, 0.3) is 0 Å². The van der Waals surface area contributed by atoms with Crippen molar-refractivity contribution in [1.29, 1.82) is 0 Å². The summed E-state index contributed by atoms with van der Waals surface area (Å²) in [7, 11) is 0. The number of carbonyl (C=O) groups is 2. The fraction of sp³-hybridized carbons (Fsp3) is 0.538. The first-order valence-corrected chi connectivity index (χ1v) is 7.17. The molecule has 0 aliphatic rings. The van der Waals surface area contributed by atoms with Crippen LogP contribution in [0.3, 0.4) is 0 Å². The molecule has 0 spiro atoms. The molecule has 5 heteroatoms. The number of rotatable bonds is 10. The molecule has 0 aromatic carbocycles. The van der Waals surface area contributed by atoms with Crippen LogP contribution in [-0.2, 0) is 9.59 Å². The van der Waals surface area contributed by atoms with Gasteiger partial charge in [0.15, 0.2) is 0 Å². The van der Waals surface area contributed by atoms with Gasteiger partial charge in [0.2, 0.25) is 5.91 Å². The highest BCUT2D eigenvalue weighted by Gasteiger charge is 2.18. The molecular weight excluding hydrogens is 250 g/mol. The molecule has 0 rings (SSSR count). The van der Waals surface area contributed by atoms with Gasteiger partial charge in [-0.3, -0.25) is 4.79 Å². The standard InChI is InChI=1S/C13H21NO3S/c1-3-5-7-12(15)14-11(13(16)17)8-10-18-9-6-4-2/h3,5,7,11H,1,4,6,8-10H2,2H3,(H,14,15)(H,16,17)/b7-5+. The lowest BCUT2D eigenvalue weighted by atomic mass is 10.2. The third-order valence-corrected chi connectivity index (χ3v) is 3.29. The number of hydrogen-bond donors (Lipinski definition) is 2. The Kier molecular flexibility index (Phi) is 10.2. The van der Waals surface area contributed by atoms with Gasteiger partial charge in [-0.25, -0.2) is 4.79 Å². The number of carboxylic acid groups (broad SMARTS) is 1. The average Bonchev–Trinajstić information content (AvgIpc) is 2.34. The van der Waals surface area contributed by atoms with Crippen LogP contribution in [-0.4, -0.2) is 34.5 Å². The van der Waals surface area contributed by atoms with Gasteiger partial charge in [-0.15, -0.1) is 0 Å². The number of nitrogens with one attached hydrogen (secondary N) is 1. The highest BCUT2D eigenvalue weighted by molar-refractivity contribution is 7.99. The van der Waals surface area contributed by atoms with E-state index in [0.29, 0.717) is 6.42 Å². The van der Waals surface area contributed by atoms with Crippen molar-refractivity contribution in [3.63, 3.8) is 0 Å². The Hall–Kier alpha value is -1.23. The number of hydrogen-bond acceptors (Lipinski definition) is 3. The first-order valence-electron chi connectivity index (χ1n) is 6.02. The topological polar surface area (TPSA) is 66.4 Å². The van der Waals surface area contributed by atoms with Crippen LogP contribution >= 0.6 is 11.8 Å². The van der Waals surface area contributed by atoms with E-state index in [1.165, 1.54) is 18.2 Å². The second-order valence-corrected chi connectivity index (χ2v) is 4.97. The van der Waals surface area contributed by atoms with Crippen molar-refractivity contribution < 1.29 is 14.7 Å². The molecule has 1 amide bonds. The van der Waals surface area contributed by atoms with Crippen molar-refractivity contribution in [2.24, 2.45) is 0 Å². The average molecular weight is 271 g/mol. The lowest BCUT2D eigenvalue weighted by Gasteiger charge is -2.12. The van der Waals surface area contributed by atoms with Crippen LogP contribution in [0.2, 0.25) is 0 Å². The van der Waals surface area contributed by atoms with E-state index >= 15 is 0 Å². The van der Waals surface area contributed by atoms with E-state index in [9.17, 15) is 9.59 Å². The summed E-state index contributed by atoms with van der Waals surface area (Å²) in [4.78, 5) is 22.3. The molecule has 1 atom stereocenters. The Balaban J connectivity index is 3.99. The van der Waals surface area contributed by atoms with Gasteiger partial charge in [0.1, 0.15) is 6.04 Å². The highest BCUT2D eigenvalue weighted by Crippen LogP contribution is 2.08. The largest absolute Gasteiger partial charge is 0.480 e. The fourth-order valence-electron chi connectivity index (χ4n) is 1.18. The quantitative estimate of drug-likeness (QED) is 0.363. The molecule has 0 aromatic heterocycles. The van der Waals surface area contributed by atoms with E-state index in [0.717, 1.165) is 24.3 Å². The number of amides is 1. The van der Waals surface area contributed by atoms with Crippen LogP contribution < -0.4 is 5.32 Å². The van der Waals surface area contributed by atoms with Crippen LogP contribution in [0.1, 0.15) is 26.2 Å². The minimum absolute atomic E-state index is 0.402. The maximum Gasteiger partial charge on any atom is 0.326 e. The maximum absolute atomic E-state index is 11.3. The third-order valence-electron chi connectivity index (χ3n) is 2.19. The van der Waals surface area contributed by atoms with Crippen molar-refractivity contribution in [3.8, 4) is 0 Å². The molecule has 0 saturated carbocycles. The lowest BCUT2D eigenvalue weighted by molar-refractivity contribution is -0.141. The van der Waals surface area contributed by atoms with Crippen molar-refractivity contribution in [1.82, 2.24) is 5.32 Å². The van der Waals surface area contributed by atoms with E-state index < -0.39 is 17.9 Å². The summed E-state index contributed by atoms with van der Waals surface area (Å²) >= 11 is 1.72. The molecule has 0 fully saturated rings. The second kappa shape index (κ2) is 10.9. The number of unbranched alkanes of at least 4 members (excludes halogenated alkanes) is 1. The van der Waals surface area contributed by atoms with Crippen molar-refractivity contribution in [3.05, 3.63) is 24.8 Å². The molecule has 0 saturated heterocycles. The zero-order chi connectivity index (χ0) is 13.8. The van der Waals surface area contributed by atoms with Crippen LogP contribution in [0.25, 0.3) is 0 Å². The summed E-state index contributed by atoms with van der Waals surface area (Å²) in [5.74, 6) is 0.377. The van der Waals surface area contributed by atoms with Crippen molar-refractivity contribution in [2.75, 3.05) is 11.5 Å². The summed E-state index contributed by atoms with van der Waals surface area (Å²) in [6.45, 7) is 5.56. The van der Waals surface area contributed by atoms with E-state index in [1.54, 1.807) is 11.8 Å². The Morgan fingerprint density at radius 1 is 1.44 bits per heavy atom. The SMILES string of the molecule is C=C/C=C/C(=O)NC(CCSCCCC)C(=O)O. The van der Waals surface area contributed by atoms with E-state index in [4.69, 9.17) is 5.11 Å². The normalized spacial score (nSPS) is 12.3. The lowest BCUT2D eigenvalue weighted by Crippen LogP contribution is -2.40. The van der Waals surface area contributed by atoms with Gasteiger partial charge in [-0.2, -0.15) is 11.8 Å². The molecule has 0 aliphatic carbocycles. The van der Waals surface area contributed by atoms with Crippen LogP contribution in [0.15, 0.2) is 24.8 Å². The highest BCUT2D eigenvalue weighted by atomic mass is 32.2. The zero-order valence-electron chi connectivity index (χ0n) is 10.7. The van der Waals surface area contributed by atoms with Gasteiger partial charge < -0.3 is 10.4 Å². The minimum Gasteiger partial charge on any atom is -0.480 e. The van der Waals surface area contributed by atoms with Crippen molar-refractivity contribution in [2.45, 2.75) is 32.2 Å². The monoisotopic (exact) mass is 271 g/mol. The molecule has 4 nitrogen and oxygen atoms in total. The van der Waals surface area contributed by atoms with E-state index in [1.807, 2.05) is 0 Å². The summed E-state index contributed by atoms with van der Waals surface area (Å²) in [6, 6.07) is -0.818. The Labute approximate surface area is 113 Å². The molecule has 0 radical (unpaired) electrons. The molecule has 102 valence electrons. The molecule has 0 bridgehead atoms. The number of allylic oxidation sites excluding steroid dienone is 2.